The number of hydrogen-bond donors (Lipinski definition) is 0. The third kappa shape index (κ3) is 5.08. The van der Waals surface area contributed by atoms with E-state index in [0.717, 1.165) is 12.1 Å². The topological polar surface area (TPSA) is 12.9 Å². The lowest BCUT2D eigenvalue weighted by atomic mass is 9.92. The first-order chi connectivity index (χ1) is 8.17. The summed E-state index contributed by atoms with van der Waals surface area (Å²) in [7, 11) is 0. The fourth-order valence-electron chi connectivity index (χ4n) is 2.23. The summed E-state index contributed by atoms with van der Waals surface area (Å²) in [6.45, 7) is 6.53. The Balaban J connectivity index is 2.55. The van der Waals surface area contributed by atoms with Gasteiger partial charge in [-0.25, -0.2) is 0 Å². The highest BCUT2D eigenvalue weighted by atomic mass is 35.5. The van der Waals surface area contributed by atoms with E-state index in [2.05, 4.69) is 37.9 Å². The minimum Gasteiger partial charge on any atom is -0.261 e. The number of pyridine rings is 1. The van der Waals surface area contributed by atoms with Gasteiger partial charge in [-0.15, -0.1) is 11.6 Å². The predicted molar refractivity (Wildman–Crippen MR) is 75.6 cm³/mol. The molecule has 1 nitrogen and oxygen atoms in total. The Morgan fingerprint density at radius 3 is 2.29 bits per heavy atom. The standard InChI is InChI=1S/C15H24ClN/c1-4-6-13(7-5-2)15(16)10-14-9-8-12(3)11-17-14/h8-9,11,13,15H,4-7,10H2,1-3H3. The maximum atomic E-state index is 6.54. The normalized spacial score (nSPS) is 13.0. The molecule has 0 spiro atoms. The predicted octanol–water partition coefficient (Wildman–Crippen LogP) is 4.76. The molecule has 0 saturated carbocycles. The molecule has 0 amide bonds. The molecule has 0 fully saturated rings. The minimum atomic E-state index is 0.227. The van der Waals surface area contributed by atoms with Crippen LogP contribution in [0.2, 0.25) is 0 Å². The van der Waals surface area contributed by atoms with E-state index in [1.165, 1.54) is 31.2 Å². The third-order valence-electron chi connectivity index (χ3n) is 3.21. The van der Waals surface area contributed by atoms with Crippen LogP contribution in [0, 0.1) is 12.8 Å². The van der Waals surface area contributed by atoms with Crippen LogP contribution in [0.5, 0.6) is 0 Å². The van der Waals surface area contributed by atoms with Gasteiger partial charge in [0.2, 0.25) is 0 Å². The Labute approximate surface area is 111 Å². The SMILES string of the molecule is CCCC(CCC)C(Cl)Cc1ccc(C)cn1. The van der Waals surface area contributed by atoms with Crippen LogP contribution < -0.4 is 0 Å². The third-order valence-corrected chi connectivity index (χ3v) is 3.72. The quantitative estimate of drug-likeness (QED) is 0.639. The number of nitrogens with zero attached hydrogens (tertiary/aromatic N) is 1. The minimum absolute atomic E-state index is 0.227. The first kappa shape index (κ1) is 14.5. The van der Waals surface area contributed by atoms with Crippen LogP contribution in [-0.2, 0) is 6.42 Å². The van der Waals surface area contributed by atoms with Gasteiger partial charge in [0.25, 0.3) is 0 Å². The van der Waals surface area contributed by atoms with E-state index >= 15 is 0 Å². The summed E-state index contributed by atoms with van der Waals surface area (Å²) in [6, 6.07) is 4.21. The van der Waals surface area contributed by atoms with E-state index in [1.54, 1.807) is 0 Å². The largest absolute Gasteiger partial charge is 0.261 e. The summed E-state index contributed by atoms with van der Waals surface area (Å²) in [6.07, 6.45) is 7.71. The number of hydrogen-bond acceptors (Lipinski definition) is 1. The van der Waals surface area contributed by atoms with Gasteiger partial charge in [0, 0.05) is 23.7 Å². The summed E-state index contributed by atoms with van der Waals surface area (Å²) in [5.74, 6) is 0.634. The maximum Gasteiger partial charge on any atom is 0.0419 e. The van der Waals surface area contributed by atoms with Crippen molar-refractivity contribution in [2.45, 2.75) is 58.3 Å². The highest BCUT2D eigenvalue weighted by Gasteiger charge is 2.18. The number of aryl methyl sites for hydroxylation is 1. The molecule has 0 aliphatic rings. The summed E-state index contributed by atoms with van der Waals surface area (Å²) >= 11 is 6.54. The molecule has 1 aromatic heterocycles. The van der Waals surface area contributed by atoms with Gasteiger partial charge in [0.1, 0.15) is 0 Å². The van der Waals surface area contributed by atoms with Crippen molar-refractivity contribution < 1.29 is 0 Å². The second-order valence-electron chi connectivity index (χ2n) is 4.88. The molecule has 0 aliphatic carbocycles. The van der Waals surface area contributed by atoms with Gasteiger partial charge >= 0.3 is 0 Å². The molecule has 1 atom stereocenters. The number of aromatic nitrogens is 1. The van der Waals surface area contributed by atoms with Crippen molar-refractivity contribution in [3.8, 4) is 0 Å². The zero-order valence-electron chi connectivity index (χ0n) is 11.2. The van der Waals surface area contributed by atoms with Crippen molar-refractivity contribution in [2.75, 3.05) is 0 Å². The van der Waals surface area contributed by atoms with Gasteiger partial charge in [-0.1, -0.05) is 32.8 Å². The van der Waals surface area contributed by atoms with Crippen LogP contribution in [0.1, 0.15) is 50.8 Å². The van der Waals surface area contributed by atoms with Gasteiger partial charge in [-0.05, 0) is 37.3 Å². The Hall–Kier alpha value is -0.560. The molecular weight excluding hydrogens is 230 g/mol. The van der Waals surface area contributed by atoms with E-state index in [4.69, 9.17) is 11.6 Å². The summed E-state index contributed by atoms with van der Waals surface area (Å²) in [4.78, 5) is 4.44. The molecule has 1 unspecified atom stereocenters. The first-order valence-electron chi connectivity index (χ1n) is 6.73. The molecule has 0 bridgehead atoms. The van der Waals surface area contributed by atoms with Crippen LogP contribution in [0.25, 0.3) is 0 Å². The molecule has 1 aromatic rings. The fraction of sp³-hybridized carbons (Fsp3) is 0.667. The van der Waals surface area contributed by atoms with Crippen molar-refractivity contribution in [3.05, 3.63) is 29.6 Å². The van der Waals surface area contributed by atoms with E-state index < -0.39 is 0 Å². The average Bonchev–Trinajstić information content (AvgIpc) is 2.32. The Bertz CT molecular complexity index is 301. The Morgan fingerprint density at radius 1 is 1.18 bits per heavy atom. The highest BCUT2D eigenvalue weighted by molar-refractivity contribution is 6.20. The number of halogens is 1. The molecule has 0 radical (unpaired) electrons. The molecule has 0 aromatic carbocycles. The number of alkyl halides is 1. The van der Waals surface area contributed by atoms with Crippen molar-refractivity contribution in [2.24, 2.45) is 5.92 Å². The lowest BCUT2D eigenvalue weighted by Crippen LogP contribution is -2.18. The molecule has 17 heavy (non-hydrogen) atoms. The fourth-order valence-corrected chi connectivity index (χ4v) is 2.64. The lowest BCUT2D eigenvalue weighted by Gasteiger charge is -2.21. The van der Waals surface area contributed by atoms with E-state index in [0.29, 0.717) is 5.92 Å². The molecule has 0 saturated heterocycles. The van der Waals surface area contributed by atoms with Gasteiger partial charge in [0.05, 0.1) is 0 Å². The average molecular weight is 254 g/mol. The number of rotatable bonds is 7. The zero-order valence-corrected chi connectivity index (χ0v) is 12.0. The maximum absolute atomic E-state index is 6.54. The summed E-state index contributed by atoms with van der Waals surface area (Å²) in [5.41, 5.74) is 2.33. The van der Waals surface area contributed by atoms with Crippen LogP contribution >= 0.6 is 11.6 Å². The van der Waals surface area contributed by atoms with Crippen molar-refractivity contribution >= 4 is 11.6 Å². The van der Waals surface area contributed by atoms with Gasteiger partial charge in [0.15, 0.2) is 0 Å². The molecular formula is C15H24ClN. The summed E-state index contributed by atoms with van der Waals surface area (Å²) < 4.78 is 0. The van der Waals surface area contributed by atoms with Gasteiger partial charge < -0.3 is 0 Å². The van der Waals surface area contributed by atoms with Crippen LogP contribution in [0.15, 0.2) is 18.3 Å². The van der Waals surface area contributed by atoms with Gasteiger partial charge in [-0.2, -0.15) is 0 Å². The Morgan fingerprint density at radius 2 is 1.82 bits per heavy atom. The van der Waals surface area contributed by atoms with Crippen molar-refractivity contribution in [1.82, 2.24) is 4.98 Å². The first-order valence-corrected chi connectivity index (χ1v) is 7.16. The van der Waals surface area contributed by atoms with Gasteiger partial charge in [-0.3, -0.25) is 4.98 Å². The van der Waals surface area contributed by atoms with E-state index in [9.17, 15) is 0 Å². The second-order valence-corrected chi connectivity index (χ2v) is 5.45. The lowest BCUT2D eigenvalue weighted by molar-refractivity contribution is 0.416. The van der Waals surface area contributed by atoms with E-state index in [1.807, 2.05) is 6.20 Å². The van der Waals surface area contributed by atoms with Crippen LogP contribution in [0.4, 0.5) is 0 Å². The van der Waals surface area contributed by atoms with E-state index in [-0.39, 0.29) is 5.38 Å². The smallest absolute Gasteiger partial charge is 0.0419 e. The molecule has 96 valence electrons. The molecule has 1 heterocycles. The monoisotopic (exact) mass is 253 g/mol. The molecule has 2 heteroatoms. The molecule has 0 N–H and O–H groups in total. The van der Waals surface area contributed by atoms with Crippen LogP contribution in [-0.4, -0.2) is 10.4 Å². The zero-order chi connectivity index (χ0) is 12.7. The summed E-state index contributed by atoms with van der Waals surface area (Å²) in [5, 5.41) is 0.227. The second kappa shape index (κ2) is 7.71. The Kier molecular flexibility index (Phi) is 6.57. The van der Waals surface area contributed by atoms with Crippen molar-refractivity contribution in [1.29, 1.82) is 0 Å². The van der Waals surface area contributed by atoms with Crippen molar-refractivity contribution in [3.63, 3.8) is 0 Å². The van der Waals surface area contributed by atoms with Crippen LogP contribution in [0.3, 0.4) is 0 Å². The molecule has 1 rings (SSSR count). The molecule has 0 aliphatic heterocycles. The highest BCUT2D eigenvalue weighted by Crippen LogP contribution is 2.24.